The predicted octanol–water partition coefficient (Wildman–Crippen LogP) is 1.52. The largest absolute Gasteiger partial charge is 0.463 e. The van der Waals surface area contributed by atoms with E-state index in [4.69, 9.17) is 18.6 Å². The van der Waals surface area contributed by atoms with Gasteiger partial charge in [0.2, 0.25) is 0 Å². The third-order valence-electron chi connectivity index (χ3n) is 1.83. The fourth-order valence-corrected chi connectivity index (χ4v) is 1.08. The Morgan fingerprint density at radius 2 is 2.12 bits per heavy atom. The van der Waals surface area contributed by atoms with Crippen LogP contribution >= 0.6 is 0 Å². The lowest BCUT2D eigenvalue weighted by molar-refractivity contribution is 0.0737. The first-order chi connectivity index (χ1) is 7.86. The van der Waals surface area contributed by atoms with Crippen molar-refractivity contribution in [1.82, 2.24) is 0 Å². The van der Waals surface area contributed by atoms with Crippen molar-refractivity contribution in [2.45, 2.75) is 6.42 Å². The molecule has 0 spiro atoms. The van der Waals surface area contributed by atoms with Crippen molar-refractivity contribution in [1.29, 1.82) is 0 Å². The smallest absolute Gasteiger partial charge is 0.284 e. The number of furan rings is 1. The molecule has 0 aliphatic rings. The van der Waals surface area contributed by atoms with Crippen molar-refractivity contribution in [3.8, 4) is 5.95 Å². The topological polar surface area (TPSA) is 57.9 Å². The Kier molecular flexibility index (Phi) is 6.29. The van der Waals surface area contributed by atoms with Crippen molar-refractivity contribution >= 4 is 6.29 Å². The zero-order valence-corrected chi connectivity index (χ0v) is 9.31. The lowest BCUT2D eigenvalue weighted by Gasteiger charge is -2.04. The molecule has 0 radical (unpaired) electrons. The molecule has 0 saturated carbocycles. The fourth-order valence-electron chi connectivity index (χ4n) is 1.08. The van der Waals surface area contributed by atoms with Crippen molar-refractivity contribution in [2.24, 2.45) is 0 Å². The van der Waals surface area contributed by atoms with Crippen LogP contribution in [0.2, 0.25) is 0 Å². The van der Waals surface area contributed by atoms with Crippen molar-refractivity contribution in [3.05, 3.63) is 17.9 Å². The zero-order chi connectivity index (χ0) is 11.6. The minimum absolute atomic E-state index is 0.260. The first kappa shape index (κ1) is 12.7. The summed E-state index contributed by atoms with van der Waals surface area (Å²) >= 11 is 0. The molecule has 5 heteroatoms. The normalized spacial score (nSPS) is 10.3. The van der Waals surface area contributed by atoms with Gasteiger partial charge in [-0.3, -0.25) is 4.79 Å². The van der Waals surface area contributed by atoms with Gasteiger partial charge in [-0.05, 0) is 12.5 Å². The minimum atomic E-state index is 0.260. The maximum absolute atomic E-state index is 10.3. The number of rotatable bonds is 9. The van der Waals surface area contributed by atoms with Crippen LogP contribution in [0.25, 0.3) is 0 Å². The molecule has 1 heterocycles. The molecule has 1 rings (SSSR count). The number of carbonyl (C=O) groups is 1. The molecule has 5 nitrogen and oxygen atoms in total. The van der Waals surface area contributed by atoms with Crippen LogP contribution in [0.5, 0.6) is 5.95 Å². The maximum Gasteiger partial charge on any atom is 0.284 e. The molecule has 0 aliphatic carbocycles. The van der Waals surface area contributed by atoms with Crippen LogP contribution in [-0.2, 0) is 9.47 Å². The van der Waals surface area contributed by atoms with Gasteiger partial charge in [0.1, 0.15) is 6.61 Å². The van der Waals surface area contributed by atoms with Crippen molar-refractivity contribution in [3.63, 3.8) is 0 Å². The molecular formula is C11H16O5. The van der Waals surface area contributed by atoms with Gasteiger partial charge in [0, 0.05) is 26.4 Å². The molecular weight excluding hydrogens is 212 g/mol. The quantitative estimate of drug-likeness (QED) is 0.474. The minimum Gasteiger partial charge on any atom is -0.463 e. The van der Waals surface area contributed by atoms with Gasteiger partial charge in [0.25, 0.3) is 5.95 Å². The maximum atomic E-state index is 10.3. The molecule has 0 unspecified atom stereocenters. The van der Waals surface area contributed by atoms with E-state index < -0.39 is 0 Å². The summed E-state index contributed by atoms with van der Waals surface area (Å²) in [5.74, 6) is 0.596. The van der Waals surface area contributed by atoms with Gasteiger partial charge in [0.05, 0.1) is 6.61 Å². The highest BCUT2D eigenvalue weighted by Crippen LogP contribution is 2.13. The molecule has 90 valence electrons. The highest BCUT2D eigenvalue weighted by molar-refractivity contribution is 5.70. The SMILES string of the molecule is COCCCOCCOc1ccc(C=O)o1. The Morgan fingerprint density at radius 1 is 1.25 bits per heavy atom. The molecule has 1 aromatic heterocycles. The van der Waals surface area contributed by atoms with Crippen LogP contribution < -0.4 is 4.74 Å². The summed E-state index contributed by atoms with van der Waals surface area (Å²) in [6.07, 6.45) is 1.50. The number of aldehydes is 1. The Labute approximate surface area is 94.3 Å². The Balaban J connectivity index is 2.00. The highest BCUT2D eigenvalue weighted by Gasteiger charge is 2.00. The highest BCUT2D eigenvalue weighted by atomic mass is 16.6. The van der Waals surface area contributed by atoms with Crippen LogP contribution in [0.1, 0.15) is 17.0 Å². The fraction of sp³-hybridized carbons (Fsp3) is 0.545. The van der Waals surface area contributed by atoms with Gasteiger partial charge in [-0.2, -0.15) is 0 Å². The van der Waals surface area contributed by atoms with Gasteiger partial charge in [-0.1, -0.05) is 0 Å². The lowest BCUT2D eigenvalue weighted by Crippen LogP contribution is -2.08. The first-order valence-corrected chi connectivity index (χ1v) is 5.11. The van der Waals surface area contributed by atoms with Crippen LogP contribution in [-0.4, -0.2) is 39.8 Å². The van der Waals surface area contributed by atoms with Crippen LogP contribution in [0, 0.1) is 0 Å². The summed E-state index contributed by atoms with van der Waals surface area (Å²) in [6, 6.07) is 3.16. The molecule has 0 aliphatic heterocycles. The number of methoxy groups -OCH3 is 1. The molecule has 16 heavy (non-hydrogen) atoms. The third kappa shape index (κ3) is 4.95. The average molecular weight is 228 g/mol. The average Bonchev–Trinajstić information content (AvgIpc) is 2.76. The van der Waals surface area contributed by atoms with Crippen LogP contribution in [0.15, 0.2) is 16.5 Å². The summed E-state index contributed by atoms with van der Waals surface area (Å²) < 4.78 is 20.4. The van der Waals surface area contributed by atoms with E-state index in [-0.39, 0.29) is 5.76 Å². The van der Waals surface area contributed by atoms with E-state index in [0.29, 0.717) is 38.7 Å². The lowest BCUT2D eigenvalue weighted by atomic mass is 10.5. The molecule has 0 amide bonds. The molecule has 0 atom stereocenters. The van der Waals surface area contributed by atoms with Gasteiger partial charge < -0.3 is 18.6 Å². The van der Waals surface area contributed by atoms with Crippen LogP contribution in [0.3, 0.4) is 0 Å². The number of hydrogen-bond donors (Lipinski definition) is 0. The van der Waals surface area contributed by atoms with Gasteiger partial charge in [-0.25, -0.2) is 0 Å². The van der Waals surface area contributed by atoms with E-state index in [2.05, 4.69) is 0 Å². The second kappa shape index (κ2) is 7.90. The summed E-state index contributed by atoms with van der Waals surface area (Å²) in [6.45, 7) is 2.23. The van der Waals surface area contributed by atoms with E-state index in [9.17, 15) is 4.79 Å². The molecule has 0 saturated heterocycles. The van der Waals surface area contributed by atoms with Gasteiger partial charge >= 0.3 is 0 Å². The third-order valence-corrected chi connectivity index (χ3v) is 1.83. The monoisotopic (exact) mass is 228 g/mol. The Hall–Kier alpha value is -1.33. The zero-order valence-electron chi connectivity index (χ0n) is 9.31. The summed E-state index contributed by atoms with van der Waals surface area (Å²) in [4.78, 5) is 10.3. The van der Waals surface area contributed by atoms with Crippen molar-refractivity contribution < 1.29 is 23.4 Å². The second-order valence-electron chi connectivity index (χ2n) is 3.08. The molecule has 0 bridgehead atoms. The standard InChI is InChI=1S/C11H16O5/c1-13-5-2-6-14-7-8-15-11-4-3-10(9-12)16-11/h3-4,9H,2,5-8H2,1H3. The first-order valence-electron chi connectivity index (χ1n) is 5.11. The van der Waals surface area contributed by atoms with Crippen LogP contribution in [0.4, 0.5) is 0 Å². The van der Waals surface area contributed by atoms with E-state index in [1.165, 1.54) is 0 Å². The second-order valence-corrected chi connectivity index (χ2v) is 3.08. The number of carbonyl (C=O) groups excluding carboxylic acids is 1. The van der Waals surface area contributed by atoms with Gasteiger partial charge in [-0.15, -0.1) is 0 Å². The molecule has 0 N–H and O–H groups in total. The van der Waals surface area contributed by atoms with E-state index in [0.717, 1.165) is 6.42 Å². The van der Waals surface area contributed by atoms with E-state index >= 15 is 0 Å². The summed E-state index contributed by atoms with van der Waals surface area (Å²) in [7, 11) is 1.66. The molecule has 0 aromatic carbocycles. The predicted molar refractivity (Wildman–Crippen MR) is 56.9 cm³/mol. The van der Waals surface area contributed by atoms with Crippen molar-refractivity contribution in [2.75, 3.05) is 33.5 Å². The Morgan fingerprint density at radius 3 is 2.81 bits per heavy atom. The summed E-state index contributed by atoms with van der Waals surface area (Å²) in [5.41, 5.74) is 0. The van der Waals surface area contributed by atoms with Gasteiger partial charge in [0.15, 0.2) is 12.0 Å². The number of hydrogen-bond acceptors (Lipinski definition) is 5. The number of ether oxygens (including phenoxy) is 3. The molecule has 0 fully saturated rings. The van der Waals surface area contributed by atoms with E-state index in [1.54, 1.807) is 19.2 Å². The summed E-state index contributed by atoms with van der Waals surface area (Å²) in [5, 5.41) is 0. The van der Waals surface area contributed by atoms with E-state index in [1.807, 2.05) is 0 Å². The Bertz CT molecular complexity index is 294. The molecule has 1 aromatic rings.